The van der Waals surface area contributed by atoms with Crippen LogP contribution in [0.15, 0.2) is 29.2 Å². The van der Waals surface area contributed by atoms with Gasteiger partial charge in [-0.25, -0.2) is 4.68 Å². The van der Waals surface area contributed by atoms with Gasteiger partial charge in [0.05, 0.1) is 11.6 Å². The van der Waals surface area contributed by atoms with Gasteiger partial charge in [-0.05, 0) is 6.07 Å². The number of benzene rings is 1. The van der Waals surface area contributed by atoms with E-state index in [1.54, 1.807) is 25.4 Å². The van der Waals surface area contributed by atoms with Crippen molar-refractivity contribution in [3.05, 3.63) is 34.7 Å². The summed E-state index contributed by atoms with van der Waals surface area (Å²) < 4.78 is 1.20. The van der Waals surface area contributed by atoms with Crippen LogP contribution >= 0.6 is 0 Å². The highest BCUT2D eigenvalue weighted by Crippen LogP contribution is 2.18. The Bertz CT molecular complexity index is 516. The molecule has 0 amide bonds. The molecule has 0 spiro atoms. The number of aromatic hydroxyl groups is 1. The Morgan fingerprint density at radius 1 is 1.46 bits per heavy atom. The maximum atomic E-state index is 11.5. The lowest BCUT2D eigenvalue weighted by molar-refractivity contribution is 0.480. The van der Waals surface area contributed by atoms with E-state index in [4.69, 9.17) is 0 Å². The normalized spacial score (nSPS) is 10.5. The van der Waals surface area contributed by atoms with Crippen molar-refractivity contribution in [2.45, 2.75) is 0 Å². The first kappa shape index (κ1) is 7.79. The molecule has 0 unspecified atom stereocenters. The summed E-state index contributed by atoms with van der Waals surface area (Å²) in [6, 6.07) is 4.91. The summed E-state index contributed by atoms with van der Waals surface area (Å²) in [6.07, 6.45) is 1.55. The molecule has 0 aliphatic carbocycles. The molecule has 0 bridgehead atoms. The SMILES string of the molecule is Cn1ncc2cccc(O)c2c1=O. The Morgan fingerprint density at radius 3 is 3.00 bits per heavy atom. The number of phenols is 1. The van der Waals surface area contributed by atoms with Crippen molar-refractivity contribution in [3.63, 3.8) is 0 Å². The van der Waals surface area contributed by atoms with Crippen LogP contribution in [0.1, 0.15) is 0 Å². The highest BCUT2D eigenvalue weighted by atomic mass is 16.3. The second kappa shape index (κ2) is 2.58. The number of fused-ring (bicyclic) bond motifs is 1. The minimum Gasteiger partial charge on any atom is -0.507 e. The molecule has 2 aromatic rings. The second-order valence-electron chi connectivity index (χ2n) is 2.81. The lowest BCUT2D eigenvalue weighted by atomic mass is 10.2. The van der Waals surface area contributed by atoms with Crippen LogP contribution in [0.4, 0.5) is 0 Å². The first-order chi connectivity index (χ1) is 6.20. The van der Waals surface area contributed by atoms with Crippen LogP contribution in [0.5, 0.6) is 5.75 Å². The molecule has 1 aromatic heterocycles. The molecule has 4 nitrogen and oxygen atoms in total. The van der Waals surface area contributed by atoms with Crippen LogP contribution < -0.4 is 5.56 Å². The first-order valence-corrected chi connectivity index (χ1v) is 3.84. The van der Waals surface area contributed by atoms with Gasteiger partial charge in [-0.1, -0.05) is 12.1 Å². The van der Waals surface area contributed by atoms with Crippen molar-refractivity contribution >= 4 is 10.8 Å². The number of rotatable bonds is 0. The van der Waals surface area contributed by atoms with E-state index in [1.165, 1.54) is 10.7 Å². The summed E-state index contributed by atoms with van der Waals surface area (Å²) >= 11 is 0. The van der Waals surface area contributed by atoms with Crippen LogP contribution in [-0.4, -0.2) is 14.9 Å². The fourth-order valence-corrected chi connectivity index (χ4v) is 1.26. The molecule has 1 heterocycles. The summed E-state index contributed by atoms with van der Waals surface area (Å²) in [5.41, 5.74) is -0.282. The molecule has 4 heteroatoms. The van der Waals surface area contributed by atoms with Crippen LogP contribution in [0.2, 0.25) is 0 Å². The summed E-state index contributed by atoms with van der Waals surface area (Å²) in [4.78, 5) is 11.5. The van der Waals surface area contributed by atoms with Gasteiger partial charge >= 0.3 is 0 Å². The number of nitrogens with zero attached hydrogens (tertiary/aromatic N) is 2. The zero-order valence-corrected chi connectivity index (χ0v) is 7.06. The van der Waals surface area contributed by atoms with Gasteiger partial charge < -0.3 is 5.11 Å². The molecule has 13 heavy (non-hydrogen) atoms. The van der Waals surface area contributed by atoms with Gasteiger partial charge in [0.2, 0.25) is 0 Å². The predicted molar refractivity (Wildman–Crippen MR) is 48.6 cm³/mol. The number of aryl methyl sites for hydroxylation is 1. The molecule has 0 radical (unpaired) electrons. The summed E-state index contributed by atoms with van der Waals surface area (Å²) in [5, 5.41) is 14.3. The monoisotopic (exact) mass is 176 g/mol. The van der Waals surface area contributed by atoms with Crippen molar-refractivity contribution in [1.29, 1.82) is 0 Å². The quantitative estimate of drug-likeness (QED) is 0.640. The average molecular weight is 176 g/mol. The fourth-order valence-electron chi connectivity index (χ4n) is 1.26. The highest BCUT2D eigenvalue weighted by Gasteiger charge is 2.04. The molecule has 66 valence electrons. The zero-order chi connectivity index (χ0) is 9.42. The van der Waals surface area contributed by atoms with Crippen LogP contribution in [-0.2, 0) is 7.05 Å². The minimum atomic E-state index is -0.282. The molecule has 0 fully saturated rings. The Kier molecular flexibility index (Phi) is 1.55. The number of aromatic nitrogens is 2. The van der Waals surface area contributed by atoms with Gasteiger partial charge in [-0.2, -0.15) is 5.10 Å². The fraction of sp³-hybridized carbons (Fsp3) is 0.111. The zero-order valence-electron chi connectivity index (χ0n) is 7.06. The third-order valence-electron chi connectivity index (χ3n) is 1.95. The molecule has 0 saturated heterocycles. The summed E-state index contributed by atoms with van der Waals surface area (Å²) in [7, 11) is 1.55. The molecule has 0 aliphatic rings. The lowest BCUT2D eigenvalue weighted by Crippen LogP contribution is -2.18. The lowest BCUT2D eigenvalue weighted by Gasteiger charge is -2.00. The van der Waals surface area contributed by atoms with E-state index >= 15 is 0 Å². The molecule has 1 N–H and O–H groups in total. The minimum absolute atomic E-state index is 0.000463. The number of hydrogen-bond acceptors (Lipinski definition) is 3. The third-order valence-corrected chi connectivity index (χ3v) is 1.95. The van der Waals surface area contributed by atoms with E-state index in [9.17, 15) is 9.90 Å². The van der Waals surface area contributed by atoms with Crippen molar-refractivity contribution in [3.8, 4) is 5.75 Å². The molecular weight excluding hydrogens is 168 g/mol. The summed E-state index contributed by atoms with van der Waals surface area (Å²) in [5.74, 6) is 0.000463. The molecule has 1 aromatic carbocycles. The maximum Gasteiger partial charge on any atom is 0.278 e. The van der Waals surface area contributed by atoms with Gasteiger partial charge in [0.25, 0.3) is 5.56 Å². The number of hydrogen-bond donors (Lipinski definition) is 1. The predicted octanol–water partition coefficient (Wildman–Crippen LogP) is 0.639. The van der Waals surface area contributed by atoms with Crippen LogP contribution in [0.3, 0.4) is 0 Å². The molecule has 0 atom stereocenters. The smallest absolute Gasteiger partial charge is 0.278 e. The van der Waals surface area contributed by atoms with Gasteiger partial charge in [-0.15, -0.1) is 0 Å². The standard InChI is InChI=1S/C9H8N2O2/c1-11-9(13)8-6(5-10-11)3-2-4-7(8)12/h2-5,12H,1H3. The molecule has 0 aliphatic heterocycles. The Labute approximate surface area is 74.1 Å². The highest BCUT2D eigenvalue weighted by molar-refractivity contribution is 5.86. The first-order valence-electron chi connectivity index (χ1n) is 3.84. The maximum absolute atomic E-state index is 11.5. The van der Waals surface area contributed by atoms with Gasteiger partial charge in [0.1, 0.15) is 5.75 Å². The van der Waals surface area contributed by atoms with Gasteiger partial charge in [-0.3, -0.25) is 4.79 Å². The molecular formula is C9H8N2O2. The number of phenolic OH excluding ortho intramolecular Hbond substituents is 1. The van der Waals surface area contributed by atoms with Gasteiger partial charge in [0.15, 0.2) is 0 Å². The summed E-state index contributed by atoms with van der Waals surface area (Å²) in [6.45, 7) is 0. The van der Waals surface area contributed by atoms with Crippen LogP contribution in [0, 0.1) is 0 Å². The van der Waals surface area contributed by atoms with Gasteiger partial charge in [0, 0.05) is 12.4 Å². The van der Waals surface area contributed by atoms with Crippen molar-refractivity contribution in [2.75, 3.05) is 0 Å². The van der Waals surface area contributed by atoms with E-state index in [-0.39, 0.29) is 11.3 Å². The molecule has 2 rings (SSSR count). The largest absolute Gasteiger partial charge is 0.507 e. The van der Waals surface area contributed by atoms with Crippen molar-refractivity contribution in [2.24, 2.45) is 7.05 Å². The van der Waals surface area contributed by atoms with E-state index in [0.717, 1.165) is 0 Å². The average Bonchev–Trinajstić information content (AvgIpc) is 2.12. The third kappa shape index (κ3) is 1.07. The van der Waals surface area contributed by atoms with E-state index in [2.05, 4.69) is 5.10 Å². The second-order valence-corrected chi connectivity index (χ2v) is 2.81. The van der Waals surface area contributed by atoms with E-state index in [1.807, 2.05) is 0 Å². The Hall–Kier alpha value is -1.84. The topological polar surface area (TPSA) is 55.1 Å². The van der Waals surface area contributed by atoms with Crippen LogP contribution in [0.25, 0.3) is 10.8 Å². The molecule has 0 saturated carbocycles. The Balaban J connectivity index is 3.06. The van der Waals surface area contributed by atoms with Crippen molar-refractivity contribution < 1.29 is 5.11 Å². The van der Waals surface area contributed by atoms with Crippen molar-refractivity contribution in [1.82, 2.24) is 9.78 Å². The van der Waals surface area contributed by atoms with E-state index < -0.39 is 0 Å². The Morgan fingerprint density at radius 2 is 2.23 bits per heavy atom. The van der Waals surface area contributed by atoms with E-state index in [0.29, 0.717) is 10.8 Å².